The van der Waals surface area contributed by atoms with Gasteiger partial charge in [0.2, 0.25) is 0 Å². The summed E-state index contributed by atoms with van der Waals surface area (Å²) in [6.45, 7) is 1.20. The summed E-state index contributed by atoms with van der Waals surface area (Å²) >= 11 is 0. The van der Waals surface area contributed by atoms with Gasteiger partial charge in [-0.2, -0.15) is 0 Å². The molecule has 2 aromatic carbocycles. The minimum absolute atomic E-state index is 0.0153. The first-order chi connectivity index (χ1) is 10.2. The third-order valence-electron chi connectivity index (χ3n) is 3.83. The average molecular weight is 282 g/mol. The van der Waals surface area contributed by atoms with Crippen LogP contribution in [0.15, 0.2) is 48.5 Å². The van der Waals surface area contributed by atoms with Gasteiger partial charge >= 0.3 is 0 Å². The van der Waals surface area contributed by atoms with Crippen LogP contribution in [-0.2, 0) is 22.6 Å². The van der Waals surface area contributed by atoms with E-state index in [2.05, 4.69) is 0 Å². The summed E-state index contributed by atoms with van der Waals surface area (Å²) in [6, 6.07) is 15.4. The summed E-state index contributed by atoms with van der Waals surface area (Å²) in [5.74, 6) is -0.0153. The molecule has 1 heterocycles. The fourth-order valence-electron chi connectivity index (χ4n) is 2.74. The molecular formula is C17H18N2O2. The van der Waals surface area contributed by atoms with Crippen LogP contribution < -0.4 is 5.73 Å². The lowest BCUT2D eigenvalue weighted by Crippen LogP contribution is -2.31. The Bertz CT molecular complexity index is 655. The zero-order valence-corrected chi connectivity index (χ0v) is 12.0. The molecule has 0 aromatic heterocycles. The van der Waals surface area contributed by atoms with Gasteiger partial charge in [-0.15, -0.1) is 0 Å². The molecule has 4 nitrogen and oxygen atoms in total. The predicted octanol–water partition coefficient (Wildman–Crippen LogP) is 2.50. The molecule has 1 amide bonds. The number of nitrogen functional groups attached to an aromatic ring is 1. The van der Waals surface area contributed by atoms with Gasteiger partial charge in [-0.3, -0.25) is 4.79 Å². The van der Waals surface area contributed by atoms with Gasteiger partial charge in [0.1, 0.15) is 0 Å². The second-order valence-electron chi connectivity index (χ2n) is 5.25. The summed E-state index contributed by atoms with van der Waals surface area (Å²) in [7, 11) is 1.57. The minimum Gasteiger partial charge on any atom is -0.399 e. The number of hydrogen-bond acceptors (Lipinski definition) is 3. The van der Waals surface area contributed by atoms with Crippen molar-refractivity contribution >= 4 is 11.6 Å². The molecule has 108 valence electrons. The van der Waals surface area contributed by atoms with Crippen LogP contribution in [-0.4, -0.2) is 17.9 Å². The third-order valence-corrected chi connectivity index (χ3v) is 3.83. The molecule has 2 aromatic rings. The van der Waals surface area contributed by atoms with Crippen LogP contribution >= 0.6 is 0 Å². The van der Waals surface area contributed by atoms with E-state index in [-0.39, 0.29) is 5.91 Å². The minimum atomic E-state index is -0.558. The number of carbonyl (C=O) groups is 1. The van der Waals surface area contributed by atoms with Crippen molar-refractivity contribution in [3.63, 3.8) is 0 Å². The Morgan fingerprint density at radius 2 is 1.86 bits per heavy atom. The maximum atomic E-state index is 12.7. The SMILES string of the molecule is COC(C(=O)N1Cc2ccc(N)cc2C1)c1ccccc1. The van der Waals surface area contributed by atoms with Gasteiger partial charge in [0.05, 0.1) is 0 Å². The van der Waals surface area contributed by atoms with E-state index in [1.807, 2.05) is 53.4 Å². The van der Waals surface area contributed by atoms with Crippen LogP contribution in [0.3, 0.4) is 0 Å². The molecule has 0 saturated carbocycles. The maximum absolute atomic E-state index is 12.7. The van der Waals surface area contributed by atoms with E-state index in [1.54, 1.807) is 7.11 Å². The fourth-order valence-corrected chi connectivity index (χ4v) is 2.74. The first kappa shape index (κ1) is 13.6. The van der Waals surface area contributed by atoms with Gasteiger partial charge in [0.25, 0.3) is 5.91 Å². The van der Waals surface area contributed by atoms with E-state index in [0.29, 0.717) is 13.1 Å². The lowest BCUT2D eigenvalue weighted by molar-refractivity contribution is -0.143. The van der Waals surface area contributed by atoms with Gasteiger partial charge in [-0.05, 0) is 28.8 Å². The molecule has 2 N–H and O–H groups in total. The van der Waals surface area contributed by atoms with Crippen LogP contribution in [0.2, 0.25) is 0 Å². The molecule has 0 radical (unpaired) electrons. The maximum Gasteiger partial charge on any atom is 0.256 e. The molecule has 0 spiro atoms. The van der Waals surface area contributed by atoms with Crippen LogP contribution in [0.5, 0.6) is 0 Å². The predicted molar refractivity (Wildman–Crippen MR) is 81.3 cm³/mol. The Morgan fingerprint density at radius 3 is 2.57 bits per heavy atom. The highest BCUT2D eigenvalue weighted by Crippen LogP contribution is 2.28. The van der Waals surface area contributed by atoms with Crippen LogP contribution in [0.1, 0.15) is 22.8 Å². The summed E-state index contributed by atoms with van der Waals surface area (Å²) in [5.41, 5.74) is 9.68. The highest BCUT2D eigenvalue weighted by Gasteiger charge is 2.30. The molecule has 0 fully saturated rings. The average Bonchev–Trinajstić information content (AvgIpc) is 2.92. The number of rotatable bonds is 3. The van der Waals surface area contributed by atoms with E-state index in [9.17, 15) is 4.79 Å². The second kappa shape index (κ2) is 5.58. The van der Waals surface area contributed by atoms with Crippen LogP contribution in [0, 0.1) is 0 Å². The molecule has 1 aliphatic heterocycles. The number of methoxy groups -OCH3 is 1. The zero-order valence-electron chi connectivity index (χ0n) is 12.0. The van der Waals surface area contributed by atoms with Gasteiger partial charge in [0.15, 0.2) is 6.10 Å². The Morgan fingerprint density at radius 1 is 1.14 bits per heavy atom. The topological polar surface area (TPSA) is 55.6 Å². The third kappa shape index (κ3) is 2.62. The fraction of sp³-hybridized carbons (Fsp3) is 0.235. The number of benzene rings is 2. The highest BCUT2D eigenvalue weighted by atomic mass is 16.5. The van der Waals surface area contributed by atoms with Crippen molar-refractivity contribution in [2.75, 3.05) is 12.8 Å². The van der Waals surface area contributed by atoms with E-state index < -0.39 is 6.10 Å². The smallest absolute Gasteiger partial charge is 0.256 e. The lowest BCUT2D eigenvalue weighted by atomic mass is 10.1. The van der Waals surface area contributed by atoms with Crippen molar-refractivity contribution in [1.29, 1.82) is 0 Å². The summed E-state index contributed by atoms with van der Waals surface area (Å²) in [6.07, 6.45) is -0.558. The lowest BCUT2D eigenvalue weighted by Gasteiger charge is -2.22. The number of carbonyl (C=O) groups excluding carboxylic acids is 1. The molecule has 1 atom stereocenters. The molecule has 1 aliphatic rings. The van der Waals surface area contributed by atoms with E-state index in [4.69, 9.17) is 10.5 Å². The van der Waals surface area contributed by atoms with Crippen LogP contribution in [0.25, 0.3) is 0 Å². The van der Waals surface area contributed by atoms with Crippen molar-refractivity contribution in [2.45, 2.75) is 19.2 Å². The van der Waals surface area contributed by atoms with Crippen LogP contribution in [0.4, 0.5) is 5.69 Å². The Labute approximate surface area is 124 Å². The molecule has 1 unspecified atom stereocenters. The quantitative estimate of drug-likeness (QED) is 0.880. The summed E-state index contributed by atoms with van der Waals surface area (Å²) < 4.78 is 5.42. The number of hydrogen-bond donors (Lipinski definition) is 1. The van der Waals surface area contributed by atoms with Gasteiger partial charge in [0, 0.05) is 25.9 Å². The molecule has 21 heavy (non-hydrogen) atoms. The number of anilines is 1. The number of ether oxygens (including phenoxy) is 1. The number of amides is 1. The van der Waals surface area contributed by atoms with Gasteiger partial charge < -0.3 is 15.4 Å². The number of fused-ring (bicyclic) bond motifs is 1. The molecule has 0 aliphatic carbocycles. The molecule has 0 bridgehead atoms. The number of nitrogens with zero attached hydrogens (tertiary/aromatic N) is 1. The highest BCUT2D eigenvalue weighted by molar-refractivity contribution is 5.83. The van der Waals surface area contributed by atoms with Crippen molar-refractivity contribution in [3.05, 3.63) is 65.2 Å². The van der Waals surface area contributed by atoms with E-state index in [1.165, 1.54) is 0 Å². The monoisotopic (exact) mass is 282 g/mol. The molecule has 0 saturated heterocycles. The largest absolute Gasteiger partial charge is 0.399 e. The van der Waals surface area contributed by atoms with E-state index >= 15 is 0 Å². The molecule has 3 rings (SSSR count). The van der Waals surface area contributed by atoms with Crippen molar-refractivity contribution < 1.29 is 9.53 Å². The Balaban J connectivity index is 1.80. The standard InChI is InChI=1S/C17H18N2O2/c1-21-16(12-5-3-2-4-6-12)17(20)19-10-13-7-8-15(18)9-14(13)11-19/h2-9,16H,10-11,18H2,1H3. The second-order valence-corrected chi connectivity index (χ2v) is 5.25. The summed E-state index contributed by atoms with van der Waals surface area (Å²) in [4.78, 5) is 14.5. The normalized spacial score (nSPS) is 14.8. The van der Waals surface area contributed by atoms with Gasteiger partial charge in [-0.25, -0.2) is 0 Å². The zero-order chi connectivity index (χ0) is 14.8. The number of nitrogens with two attached hydrogens (primary N) is 1. The van der Waals surface area contributed by atoms with Crippen molar-refractivity contribution in [1.82, 2.24) is 4.90 Å². The van der Waals surface area contributed by atoms with Crippen molar-refractivity contribution in [3.8, 4) is 0 Å². The molecule has 4 heteroatoms. The summed E-state index contributed by atoms with van der Waals surface area (Å²) in [5, 5.41) is 0. The first-order valence-corrected chi connectivity index (χ1v) is 6.93. The first-order valence-electron chi connectivity index (χ1n) is 6.93. The Kier molecular flexibility index (Phi) is 3.62. The molecular weight excluding hydrogens is 264 g/mol. The van der Waals surface area contributed by atoms with E-state index in [0.717, 1.165) is 22.4 Å². The van der Waals surface area contributed by atoms with Gasteiger partial charge in [-0.1, -0.05) is 36.4 Å². The van der Waals surface area contributed by atoms with Crippen molar-refractivity contribution in [2.24, 2.45) is 0 Å². The Hall–Kier alpha value is -2.33.